The Morgan fingerprint density at radius 3 is 1.61 bits per heavy atom. The molecule has 7 nitrogen and oxygen atoms in total. The van der Waals surface area contributed by atoms with Gasteiger partial charge in [0.15, 0.2) is 5.41 Å². The van der Waals surface area contributed by atoms with Crippen LogP contribution in [0.3, 0.4) is 0 Å². The van der Waals surface area contributed by atoms with E-state index >= 15 is 0 Å². The van der Waals surface area contributed by atoms with Crippen molar-refractivity contribution in [2.45, 2.75) is 12.8 Å². The minimum Gasteiger partial charge on any atom is -0.0312 e. The molecule has 0 aromatic heterocycles. The van der Waals surface area contributed by atoms with Crippen molar-refractivity contribution < 1.29 is 54.1 Å². The van der Waals surface area contributed by atoms with Gasteiger partial charge in [-0.05, 0) is 50.5 Å². The monoisotopic (exact) mass is 618 g/mol. The predicted octanol–water partition coefficient (Wildman–Crippen LogP) is 3.31. The number of methoxy groups -OCH3 is 2. The fourth-order valence-corrected chi connectivity index (χ4v) is 2.29. The molecule has 2 rings (SSSR count). The number of hydrogen-bond donors (Lipinski definition) is 0. The number of carbonyl (C=O) groups excluding carboxylic acids is 2. The fourth-order valence-electron chi connectivity index (χ4n) is 2.29. The second kappa shape index (κ2) is 27.4. The Hall–Kier alpha value is -2.63. The molecule has 1 aliphatic carbocycles. The summed E-state index contributed by atoms with van der Waals surface area (Å²) >= 11 is 0. The van der Waals surface area contributed by atoms with Crippen molar-refractivity contribution in [3.05, 3.63) is 100 Å². The maximum atomic E-state index is 12.0. The number of hydrogen-bond acceptors (Lipinski definition) is 4. The van der Waals surface area contributed by atoms with Crippen LogP contribution in [0.15, 0.2) is 36.4 Å². The SMILES string of the molecule is [C-]#CCC(C/C=C/c1ccccc1)(C(=O)OC)C(=O)OC.[C-]#[O+].[C-]#[O+].[C-]#[O+].[CH]1[CH][CH][CH][CH]1.[W+2]. The number of benzene rings is 1. The molecule has 0 amide bonds. The second-order valence-corrected chi connectivity index (χ2v) is 5.40. The Labute approximate surface area is 210 Å². The van der Waals surface area contributed by atoms with Gasteiger partial charge in [-0.1, -0.05) is 42.5 Å². The smallest absolute Gasteiger partial charge is 0.0312 e. The van der Waals surface area contributed by atoms with E-state index in [9.17, 15) is 9.59 Å². The molecule has 0 aliphatic heterocycles. The van der Waals surface area contributed by atoms with E-state index in [0.29, 0.717) is 0 Å². The molecule has 0 N–H and O–H groups in total. The first-order valence-electron chi connectivity index (χ1n) is 8.66. The Bertz CT molecular complexity index is 717. The van der Waals surface area contributed by atoms with E-state index in [-0.39, 0.29) is 33.9 Å². The molecule has 0 atom stereocenters. The second-order valence-electron chi connectivity index (χ2n) is 5.40. The van der Waals surface area contributed by atoms with Gasteiger partial charge in [-0.2, -0.15) is 0 Å². The van der Waals surface area contributed by atoms with Crippen molar-refractivity contribution in [1.82, 2.24) is 0 Å². The van der Waals surface area contributed by atoms with Gasteiger partial charge in [0.05, 0.1) is 14.2 Å². The number of rotatable bonds is 6. The number of carbonyl (C=O) groups is 2. The Balaban J connectivity index is -0.000000294. The molecule has 0 spiro atoms. The van der Waals surface area contributed by atoms with Gasteiger partial charge >= 0.3 is 66.9 Å². The van der Waals surface area contributed by atoms with Crippen molar-refractivity contribution in [1.29, 1.82) is 0 Å². The van der Waals surface area contributed by atoms with Crippen LogP contribution in [0.1, 0.15) is 18.4 Å². The largest absolute Gasteiger partial charge is 2.00 e. The van der Waals surface area contributed by atoms with Crippen molar-refractivity contribution in [2.75, 3.05) is 14.2 Å². The molecular weight excluding hydrogens is 596 g/mol. The van der Waals surface area contributed by atoms with Crippen molar-refractivity contribution >= 4 is 18.0 Å². The fraction of sp³-hybridized carbons (Fsp3) is 0.200. The third-order valence-corrected chi connectivity index (χ3v) is 3.67. The Kier molecular flexibility index (Phi) is 31.3. The molecular formula is C25H22O7W+. The van der Waals surface area contributed by atoms with Crippen molar-refractivity contribution in [2.24, 2.45) is 5.41 Å². The topological polar surface area (TPSA) is 112 Å². The van der Waals surface area contributed by atoms with Crippen molar-refractivity contribution in [3.63, 3.8) is 0 Å². The van der Waals surface area contributed by atoms with E-state index in [1.807, 2.05) is 62.4 Å². The van der Waals surface area contributed by atoms with E-state index < -0.39 is 17.4 Å². The molecule has 1 saturated carbocycles. The standard InChI is InChI=1S/C17H17O4.C5H5.3CO.W/c1-4-12-17(15(18)20-2,16(19)21-3)13-8-11-14-9-6-5-7-10-14;1-2-4-5-3-1;3*1-2;/h5-11H,12-13H2,2-3H3;1-5H;;;;/q-1;;;;;+2/b11-8+;;;;;. The quantitative estimate of drug-likeness (QED) is 0.160. The first kappa shape index (κ1) is 37.7. The minimum absolute atomic E-state index is 0. The van der Waals surface area contributed by atoms with Crippen molar-refractivity contribution in [3.8, 4) is 5.92 Å². The summed E-state index contributed by atoms with van der Waals surface area (Å²) in [6, 6.07) is 9.47. The predicted molar refractivity (Wildman–Crippen MR) is 112 cm³/mol. The summed E-state index contributed by atoms with van der Waals surface area (Å²) in [5, 5.41) is 0. The van der Waals surface area contributed by atoms with Crippen LogP contribution < -0.4 is 0 Å². The first-order chi connectivity index (χ1) is 15.6. The van der Waals surface area contributed by atoms with Gasteiger partial charge in [-0.3, -0.25) is 9.59 Å². The average Bonchev–Trinajstić information content (AvgIpc) is 3.47. The van der Waals surface area contributed by atoms with E-state index in [0.717, 1.165) is 5.56 Å². The third kappa shape index (κ3) is 15.8. The van der Waals surface area contributed by atoms with Crippen LogP contribution in [0.25, 0.3) is 6.08 Å². The first-order valence-corrected chi connectivity index (χ1v) is 8.66. The molecule has 0 saturated heterocycles. The average molecular weight is 618 g/mol. The zero-order valence-corrected chi connectivity index (χ0v) is 21.0. The van der Waals surface area contributed by atoms with Gasteiger partial charge in [0, 0.05) is 0 Å². The normalized spacial score (nSPS) is 10.8. The zero-order chi connectivity index (χ0) is 25.3. The van der Waals surface area contributed by atoms with E-state index in [2.05, 4.69) is 25.9 Å². The summed E-state index contributed by atoms with van der Waals surface area (Å²) in [5.74, 6) is 0.643. The van der Waals surface area contributed by atoms with Gasteiger partial charge in [0.2, 0.25) is 0 Å². The summed E-state index contributed by atoms with van der Waals surface area (Å²) in [4.78, 5) is 24.0. The van der Waals surface area contributed by atoms with E-state index in [1.54, 1.807) is 12.2 Å². The molecule has 33 heavy (non-hydrogen) atoms. The Morgan fingerprint density at radius 1 is 0.879 bits per heavy atom. The molecule has 0 heterocycles. The van der Waals surface area contributed by atoms with Gasteiger partial charge < -0.3 is 21.8 Å². The van der Waals surface area contributed by atoms with Crippen LogP contribution in [-0.2, 0) is 54.1 Å². The van der Waals surface area contributed by atoms with E-state index in [4.69, 9.17) is 29.9 Å². The minimum atomic E-state index is -1.56. The zero-order valence-electron chi connectivity index (χ0n) is 18.1. The molecule has 1 aromatic rings. The molecule has 1 aliphatic rings. The molecule has 0 bridgehead atoms. The van der Waals surface area contributed by atoms with Crippen LogP contribution in [0.5, 0.6) is 0 Å². The number of ether oxygens (including phenoxy) is 2. The molecule has 8 heteroatoms. The van der Waals surface area contributed by atoms with Gasteiger partial charge in [-0.25, -0.2) is 0 Å². The summed E-state index contributed by atoms with van der Waals surface area (Å²) in [6.07, 6.45) is 20.5. The summed E-state index contributed by atoms with van der Waals surface area (Å²) in [7, 11) is 2.40. The van der Waals surface area contributed by atoms with E-state index in [1.165, 1.54) is 14.2 Å². The van der Waals surface area contributed by atoms with Gasteiger partial charge in [0.25, 0.3) is 0 Å². The van der Waals surface area contributed by atoms with Crippen LogP contribution >= 0.6 is 0 Å². The van der Waals surface area contributed by atoms with Crippen LogP contribution in [0.4, 0.5) is 0 Å². The summed E-state index contributed by atoms with van der Waals surface area (Å²) in [6.45, 7) is 13.5. The maximum Gasteiger partial charge on any atom is 2.00 e. The summed E-state index contributed by atoms with van der Waals surface area (Å²) < 4.78 is 31.9. The molecule has 1 fully saturated rings. The third-order valence-electron chi connectivity index (χ3n) is 3.67. The summed E-state index contributed by atoms with van der Waals surface area (Å²) in [5.41, 5.74) is -0.615. The van der Waals surface area contributed by atoms with Crippen LogP contribution in [0.2, 0.25) is 0 Å². The molecule has 5 radical (unpaired) electrons. The van der Waals surface area contributed by atoms with Crippen LogP contribution in [-0.4, -0.2) is 26.2 Å². The Morgan fingerprint density at radius 2 is 1.27 bits per heavy atom. The molecule has 1 aromatic carbocycles. The molecule has 0 unspecified atom stereocenters. The van der Waals surface area contributed by atoms with Crippen LogP contribution in [0, 0.1) is 69.8 Å². The number of esters is 2. The number of allylic oxidation sites excluding steroid dienone is 1. The van der Waals surface area contributed by atoms with Gasteiger partial charge in [-0.15, -0.1) is 0 Å². The van der Waals surface area contributed by atoms with Gasteiger partial charge in [0.1, 0.15) is 0 Å². The maximum absolute atomic E-state index is 12.0. The molecule has 169 valence electrons.